The summed E-state index contributed by atoms with van der Waals surface area (Å²) in [4.78, 5) is 6.84. The number of anilines is 2. The molecule has 1 aromatic heterocycles. The van der Waals surface area contributed by atoms with E-state index in [2.05, 4.69) is 9.97 Å². The Hall–Kier alpha value is -1.64. The fraction of sp³-hybridized carbons (Fsp3) is 0.0909. The first-order valence-electron chi connectivity index (χ1n) is 5.47. The van der Waals surface area contributed by atoms with Crippen molar-refractivity contribution in [2.24, 2.45) is 0 Å². The molecule has 0 unspecified atom stereocenters. The molecular formula is C11H9Cl2FN4O2S. The zero-order valence-electron chi connectivity index (χ0n) is 10.6. The van der Waals surface area contributed by atoms with Gasteiger partial charge in [-0.3, -0.25) is 0 Å². The molecule has 0 atom stereocenters. The third kappa shape index (κ3) is 3.52. The highest BCUT2D eigenvalue weighted by Crippen LogP contribution is 2.26. The monoisotopic (exact) mass is 350 g/mol. The SMILES string of the molecule is Cc1cc(Cl)nc(NS(=O)(=O)c2cc(N)cc(Cl)c2F)n1. The third-order valence-corrected chi connectivity index (χ3v) is 4.15. The molecule has 3 N–H and O–H groups in total. The number of hydrogen-bond donors (Lipinski definition) is 2. The summed E-state index contributed by atoms with van der Waals surface area (Å²) < 4.78 is 40.2. The van der Waals surface area contributed by atoms with E-state index < -0.39 is 25.8 Å². The number of hydrogen-bond acceptors (Lipinski definition) is 5. The first-order valence-corrected chi connectivity index (χ1v) is 7.71. The summed E-state index contributed by atoms with van der Waals surface area (Å²) in [7, 11) is -4.30. The number of sulfonamides is 1. The van der Waals surface area contributed by atoms with Crippen LogP contribution in [0.15, 0.2) is 23.1 Å². The van der Waals surface area contributed by atoms with Gasteiger partial charge >= 0.3 is 0 Å². The van der Waals surface area contributed by atoms with Gasteiger partial charge in [0.05, 0.1) is 5.02 Å². The molecule has 0 bridgehead atoms. The molecule has 10 heteroatoms. The molecule has 0 amide bonds. The number of benzene rings is 1. The number of nitrogens with two attached hydrogens (primary N) is 1. The molecule has 2 aromatic rings. The van der Waals surface area contributed by atoms with Gasteiger partial charge in [0.1, 0.15) is 10.0 Å². The molecule has 1 heterocycles. The minimum Gasteiger partial charge on any atom is -0.399 e. The maximum Gasteiger partial charge on any atom is 0.267 e. The molecule has 1 aromatic carbocycles. The number of halogens is 3. The first-order chi connectivity index (χ1) is 9.69. The van der Waals surface area contributed by atoms with Crippen molar-refractivity contribution >= 4 is 44.9 Å². The molecule has 0 saturated heterocycles. The highest BCUT2D eigenvalue weighted by molar-refractivity contribution is 7.92. The summed E-state index contributed by atoms with van der Waals surface area (Å²) in [5, 5.41) is -0.357. The fourth-order valence-electron chi connectivity index (χ4n) is 1.53. The lowest BCUT2D eigenvalue weighted by Gasteiger charge is -2.10. The lowest BCUT2D eigenvalue weighted by atomic mass is 10.3. The number of nitrogens with one attached hydrogen (secondary N) is 1. The van der Waals surface area contributed by atoms with Gasteiger partial charge in [0.15, 0.2) is 5.82 Å². The lowest BCUT2D eigenvalue weighted by molar-refractivity contribution is 0.570. The van der Waals surface area contributed by atoms with Crippen LogP contribution in [-0.4, -0.2) is 18.4 Å². The second kappa shape index (κ2) is 5.63. The van der Waals surface area contributed by atoms with Crippen LogP contribution in [-0.2, 0) is 10.0 Å². The van der Waals surface area contributed by atoms with Gasteiger partial charge in [0.2, 0.25) is 5.95 Å². The van der Waals surface area contributed by atoms with E-state index >= 15 is 0 Å². The zero-order chi connectivity index (χ0) is 15.8. The average molecular weight is 351 g/mol. The Labute approximate surface area is 130 Å². The zero-order valence-corrected chi connectivity index (χ0v) is 12.9. The summed E-state index contributed by atoms with van der Waals surface area (Å²) in [6.45, 7) is 1.60. The minimum absolute atomic E-state index is 0.00460. The number of aryl methyl sites for hydroxylation is 1. The van der Waals surface area contributed by atoms with Gasteiger partial charge in [-0.1, -0.05) is 23.2 Å². The highest BCUT2D eigenvalue weighted by Gasteiger charge is 2.23. The summed E-state index contributed by atoms with van der Waals surface area (Å²) in [5.74, 6) is -1.39. The third-order valence-electron chi connectivity index (χ3n) is 2.36. The number of rotatable bonds is 3. The van der Waals surface area contributed by atoms with Crippen LogP contribution in [0.25, 0.3) is 0 Å². The predicted octanol–water partition coefficient (Wildman–Crippen LogP) is 2.61. The van der Waals surface area contributed by atoms with Crippen molar-refractivity contribution in [1.82, 2.24) is 9.97 Å². The molecule has 0 aliphatic rings. The van der Waals surface area contributed by atoms with Gasteiger partial charge in [-0.2, -0.15) is 0 Å². The maximum absolute atomic E-state index is 13.9. The van der Waals surface area contributed by atoms with Gasteiger partial charge in [-0.05, 0) is 25.1 Å². The van der Waals surface area contributed by atoms with Crippen molar-refractivity contribution < 1.29 is 12.8 Å². The van der Waals surface area contributed by atoms with Crippen LogP contribution < -0.4 is 10.5 Å². The standard InChI is InChI=1S/C11H9Cl2FN4O2S/c1-5-2-9(13)17-11(16-5)18-21(19,20)8-4-6(15)3-7(12)10(8)14/h2-4H,15H2,1H3,(H,16,17,18). The van der Waals surface area contributed by atoms with Crippen molar-refractivity contribution in [3.05, 3.63) is 39.9 Å². The van der Waals surface area contributed by atoms with Gasteiger partial charge < -0.3 is 5.73 Å². The Morgan fingerprint density at radius 3 is 2.52 bits per heavy atom. The van der Waals surface area contributed by atoms with Crippen LogP contribution in [0.5, 0.6) is 0 Å². The Morgan fingerprint density at radius 2 is 1.90 bits per heavy atom. The molecule has 0 spiro atoms. The smallest absolute Gasteiger partial charge is 0.267 e. The van der Waals surface area contributed by atoms with E-state index in [-0.39, 0.29) is 16.8 Å². The first kappa shape index (κ1) is 15.7. The van der Waals surface area contributed by atoms with Crippen molar-refractivity contribution in [3.63, 3.8) is 0 Å². The van der Waals surface area contributed by atoms with Crippen LogP contribution in [0, 0.1) is 12.7 Å². The topological polar surface area (TPSA) is 98.0 Å². The van der Waals surface area contributed by atoms with E-state index in [1.54, 1.807) is 6.92 Å². The van der Waals surface area contributed by atoms with Crippen molar-refractivity contribution in [3.8, 4) is 0 Å². The number of nitrogen functional groups attached to an aromatic ring is 1. The van der Waals surface area contributed by atoms with Gasteiger partial charge in [0.25, 0.3) is 10.0 Å². The summed E-state index contributed by atoms with van der Waals surface area (Å²) in [5.41, 5.74) is 5.92. The molecule has 21 heavy (non-hydrogen) atoms. The Morgan fingerprint density at radius 1 is 1.24 bits per heavy atom. The van der Waals surface area contributed by atoms with Crippen LogP contribution in [0.1, 0.15) is 5.69 Å². The molecule has 0 radical (unpaired) electrons. The van der Waals surface area contributed by atoms with Crippen LogP contribution in [0.2, 0.25) is 10.2 Å². The Balaban J connectivity index is 2.48. The fourth-order valence-corrected chi connectivity index (χ4v) is 3.13. The van der Waals surface area contributed by atoms with E-state index in [0.717, 1.165) is 12.1 Å². The lowest BCUT2D eigenvalue weighted by Crippen LogP contribution is -2.17. The molecule has 6 nitrogen and oxygen atoms in total. The number of nitrogens with zero attached hydrogens (tertiary/aromatic N) is 2. The number of aromatic nitrogens is 2. The average Bonchev–Trinajstić information content (AvgIpc) is 2.31. The van der Waals surface area contributed by atoms with Gasteiger partial charge in [-0.15, -0.1) is 0 Å². The second-order valence-electron chi connectivity index (χ2n) is 4.08. The quantitative estimate of drug-likeness (QED) is 0.654. The second-order valence-corrected chi connectivity index (χ2v) is 6.52. The minimum atomic E-state index is -4.30. The summed E-state index contributed by atoms with van der Waals surface area (Å²) in [6.07, 6.45) is 0. The Kier molecular flexibility index (Phi) is 4.22. The molecule has 0 fully saturated rings. The van der Waals surface area contributed by atoms with Crippen LogP contribution >= 0.6 is 23.2 Å². The van der Waals surface area contributed by atoms with E-state index in [1.807, 2.05) is 4.72 Å². The van der Waals surface area contributed by atoms with E-state index in [9.17, 15) is 12.8 Å². The molecule has 0 aliphatic heterocycles. The summed E-state index contributed by atoms with van der Waals surface area (Å²) >= 11 is 11.3. The highest BCUT2D eigenvalue weighted by atomic mass is 35.5. The van der Waals surface area contributed by atoms with Crippen LogP contribution in [0.3, 0.4) is 0 Å². The largest absolute Gasteiger partial charge is 0.399 e. The maximum atomic E-state index is 13.9. The molecular weight excluding hydrogens is 342 g/mol. The molecule has 0 aliphatic carbocycles. The molecule has 0 saturated carbocycles. The normalized spacial score (nSPS) is 11.4. The van der Waals surface area contributed by atoms with Crippen molar-refractivity contribution in [1.29, 1.82) is 0 Å². The van der Waals surface area contributed by atoms with Gasteiger partial charge in [0, 0.05) is 11.4 Å². The van der Waals surface area contributed by atoms with Crippen molar-refractivity contribution in [2.75, 3.05) is 10.5 Å². The Bertz CT molecular complexity index is 794. The predicted molar refractivity (Wildman–Crippen MR) is 78.4 cm³/mol. The molecule has 2 rings (SSSR count). The van der Waals surface area contributed by atoms with Gasteiger partial charge in [-0.25, -0.2) is 27.5 Å². The summed E-state index contributed by atoms with van der Waals surface area (Å²) in [6, 6.07) is 3.49. The van der Waals surface area contributed by atoms with E-state index in [4.69, 9.17) is 28.9 Å². The van der Waals surface area contributed by atoms with Crippen molar-refractivity contribution in [2.45, 2.75) is 11.8 Å². The van der Waals surface area contributed by atoms with E-state index in [0.29, 0.717) is 5.69 Å². The van der Waals surface area contributed by atoms with Crippen LogP contribution in [0.4, 0.5) is 16.0 Å². The molecule has 112 valence electrons. The van der Waals surface area contributed by atoms with E-state index in [1.165, 1.54) is 6.07 Å².